The van der Waals surface area contributed by atoms with Gasteiger partial charge < -0.3 is 10.8 Å². The normalized spacial score (nSPS) is 21.1. The molecule has 100 valence electrons. The number of halogens is 1. The van der Waals surface area contributed by atoms with Gasteiger partial charge in [0.2, 0.25) is 0 Å². The summed E-state index contributed by atoms with van der Waals surface area (Å²) in [5.41, 5.74) is 6.63. The van der Waals surface area contributed by atoms with E-state index < -0.39 is 0 Å². The Labute approximate surface area is 117 Å². The average Bonchev–Trinajstić information content (AvgIpc) is 2.35. The summed E-state index contributed by atoms with van der Waals surface area (Å²) in [6, 6.07) is 5.62. The molecule has 0 saturated carbocycles. The predicted molar refractivity (Wildman–Crippen MR) is 77.5 cm³/mol. The number of piperidine rings is 1. The third kappa shape index (κ3) is 3.70. The molecule has 1 fully saturated rings. The van der Waals surface area contributed by atoms with Crippen LogP contribution in [0.1, 0.15) is 24.8 Å². The van der Waals surface area contributed by atoms with Crippen LogP contribution in [-0.2, 0) is 6.54 Å². The Balaban J connectivity index is 1.98. The summed E-state index contributed by atoms with van der Waals surface area (Å²) < 4.78 is 1.02. The lowest BCUT2D eigenvalue weighted by Gasteiger charge is -2.32. The highest BCUT2D eigenvalue weighted by atomic mass is 79.9. The van der Waals surface area contributed by atoms with Crippen LogP contribution in [0.3, 0.4) is 0 Å². The quantitative estimate of drug-likeness (QED) is 0.898. The number of nitrogens with two attached hydrogens (primary N) is 1. The fourth-order valence-corrected chi connectivity index (χ4v) is 3.10. The van der Waals surface area contributed by atoms with Gasteiger partial charge in [-0.05, 0) is 56.5 Å². The van der Waals surface area contributed by atoms with Gasteiger partial charge in [-0.1, -0.05) is 15.9 Å². The van der Waals surface area contributed by atoms with Gasteiger partial charge in [-0.25, -0.2) is 0 Å². The van der Waals surface area contributed by atoms with Crippen LogP contribution in [0, 0.1) is 5.92 Å². The molecule has 0 radical (unpaired) electrons. The molecule has 1 aliphatic rings. The van der Waals surface area contributed by atoms with Gasteiger partial charge in [-0.3, -0.25) is 4.90 Å². The molecule has 1 aliphatic heterocycles. The molecule has 1 aromatic carbocycles. The molecule has 0 aromatic heterocycles. The standard InChI is InChI=1S/C14H21BrN2O/c15-13-3-4-14(18)12(8-13)10-17-7-1-2-11(9-17)5-6-16/h3-4,8,11,18H,1-2,5-7,9-10,16H2. The molecule has 0 aliphatic carbocycles. The van der Waals surface area contributed by atoms with Gasteiger partial charge in [-0.15, -0.1) is 0 Å². The minimum absolute atomic E-state index is 0.388. The highest BCUT2D eigenvalue weighted by molar-refractivity contribution is 9.10. The van der Waals surface area contributed by atoms with Crippen molar-refractivity contribution < 1.29 is 5.11 Å². The van der Waals surface area contributed by atoms with Crippen LogP contribution in [-0.4, -0.2) is 29.6 Å². The van der Waals surface area contributed by atoms with E-state index in [4.69, 9.17) is 5.73 Å². The molecule has 18 heavy (non-hydrogen) atoms. The molecule has 1 aromatic rings. The summed E-state index contributed by atoms with van der Waals surface area (Å²) >= 11 is 3.45. The van der Waals surface area contributed by atoms with E-state index >= 15 is 0 Å². The Morgan fingerprint density at radius 3 is 3.06 bits per heavy atom. The highest BCUT2D eigenvalue weighted by Gasteiger charge is 2.20. The summed E-state index contributed by atoms with van der Waals surface area (Å²) in [7, 11) is 0. The topological polar surface area (TPSA) is 49.5 Å². The Morgan fingerprint density at radius 1 is 1.44 bits per heavy atom. The number of phenols is 1. The molecule has 0 spiro atoms. The average molecular weight is 313 g/mol. The van der Waals surface area contributed by atoms with Crippen LogP contribution in [0.15, 0.2) is 22.7 Å². The molecule has 1 heterocycles. The first kappa shape index (κ1) is 13.8. The summed E-state index contributed by atoms with van der Waals surface area (Å²) in [4.78, 5) is 2.42. The van der Waals surface area contributed by atoms with Gasteiger partial charge in [0.15, 0.2) is 0 Å². The fraction of sp³-hybridized carbons (Fsp3) is 0.571. The summed E-state index contributed by atoms with van der Waals surface area (Å²) in [5, 5.41) is 9.87. The second-order valence-electron chi connectivity index (χ2n) is 5.09. The van der Waals surface area contributed by atoms with Crippen LogP contribution in [0.4, 0.5) is 0 Å². The van der Waals surface area contributed by atoms with E-state index in [9.17, 15) is 5.11 Å². The lowest BCUT2D eigenvalue weighted by molar-refractivity contribution is 0.162. The van der Waals surface area contributed by atoms with Crippen molar-refractivity contribution in [1.82, 2.24) is 4.90 Å². The zero-order valence-electron chi connectivity index (χ0n) is 10.6. The Kier molecular flexibility index (Phi) is 5.03. The molecule has 1 unspecified atom stereocenters. The maximum Gasteiger partial charge on any atom is 0.120 e. The lowest BCUT2D eigenvalue weighted by atomic mass is 9.94. The van der Waals surface area contributed by atoms with Crippen molar-refractivity contribution in [2.75, 3.05) is 19.6 Å². The van der Waals surface area contributed by atoms with Gasteiger partial charge in [0.1, 0.15) is 5.75 Å². The number of hydrogen-bond donors (Lipinski definition) is 2. The van der Waals surface area contributed by atoms with Crippen molar-refractivity contribution in [2.45, 2.75) is 25.8 Å². The zero-order chi connectivity index (χ0) is 13.0. The van der Waals surface area contributed by atoms with Crippen molar-refractivity contribution in [1.29, 1.82) is 0 Å². The number of phenolic OH excluding ortho intramolecular Hbond substituents is 1. The van der Waals surface area contributed by atoms with Crippen LogP contribution in [0.2, 0.25) is 0 Å². The van der Waals surface area contributed by atoms with Gasteiger partial charge in [-0.2, -0.15) is 0 Å². The van der Waals surface area contributed by atoms with Gasteiger partial charge >= 0.3 is 0 Å². The maximum absolute atomic E-state index is 9.87. The number of likely N-dealkylation sites (tertiary alicyclic amines) is 1. The molecule has 3 N–H and O–H groups in total. The van der Waals surface area contributed by atoms with Crippen molar-refractivity contribution in [3.05, 3.63) is 28.2 Å². The second-order valence-corrected chi connectivity index (χ2v) is 6.01. The van der Waals surface area contributed by atoms with E-state index in [-0.39, 0.29) is 0 Å². The van der Waals surface area contributed by atoms with Crippen molar-refractivity contribution in [3.63, 3.8) is 0 Å². The minimum Gasteiger partial charge on any atom is -0.508 e. The van der Waals surface area contributed by atoms with Gasteiger partial charge in [0.05, 0.1) is 0 Å². The van der Waals surface area contributed by atoms with E-state index in [1.807, 2.05) is 12.1 Å². The Hall–Kier alpha value is -0.580. The fourth-order valence-electron chi connectivity index (χ4n) is 2.69. The number of nitrogens with zero attached hydrogens (tertiary/aromatic N) is 1. The second kappa shape index (κ2) is 6.55. The highest BCUT2D eigenvalue weighted by Crippen LogP contribution is 2.26. The van der Waals surface area contributed by atoms with Gasteiger partial charge in [0, 0.05) is 23.1 Å². The smallest absolute Gasteiger partial charge is 0.120 e. The van der Waals surface area contributed by atoms with Crippen LogP contribution in [0.5, 0.6) is 5.75 Å². The third-order valence-electron chi connectivity index (χ3n) is 3.61. The predicted octanol–water partition coefficient (Wildman–Crippen LogP) is 2.72. The van der Waals surface area contributed by atoms with Crippen molar-refractivity contribution in [3.8, 4) is 5.75 Å². The van der Waals surface area contributed by atoms with Crippen molar-refractivity contribution >= 4 is 15.9 Å². The van der Waals surface area contributed by atoms with E-state index in [1.54, 1.807) is 6.07 Å². The SMILES string of the molecule is NCCC1CCCN(Cc2cc(Br)ccc2O)C1. The monoisotopic (exact) mass is 312 g/mol. The molecule has 0 bridgehead atoms. The molecular weight excluding hydrogens is 292 g/mol. The molecule has 0 amide bonds. The lowest BCUT2D eigenvalue weighted by Crippen LogP contribution is -2.35. The molecule has 2 rings (SSSR count). The van der Waals surface area contributed by atoms with Crippen LogP contribution < -0.4 is 5.73 Å². The summed E-state index contributed by atoms with van der Waals surface area (Å²) in [5.74, 6) is 1.11. The van der Waals surface area contributed by atoms with Crippen LogP contribution >= 0.6 is 15.9 Å². The Bertz CT molecular complexity index is 395. The Morgan fingerprint density at radius 2 is 2.28 bits per heavy atom. The van der Waals surface area contributed by atoms with Crippen LogP contribution in [0.25, 0.3) is 0 Å². The molecule has 4 heteroatoms. The summed E-state index contributed by atoms with van der Waals surface area (Å²) in [6.45, 7) is 3.82. The molecule has 3 nitrogen and oxygen atoms in total. The van der Waals surface area contributed by atoms with E-state index in [1.165, 1.54) is 12.8 Å². The first-order valence-corrected chi connectivity index (χ1v) is 7.38. The van der Waals surface area contributed by atoms with Gasteiger partial charge in [0.25, 0.3) is 0 Å². The molecule has 1 saturated heterocycles. The largest absolute Gasteiger partial charge is 0.508 e. The maximum atomic E-state index is 9.87. The molecule has 1 atom stereocenters. The minimum atomic E-state index is 0.388. The van der Waals surface area contributed by atoms with Crippen molar-refractivity contribution in [2.24, 2.45) is 11.7 Å². The van der Waals surface area contributed by atoms with E-state index in [2.05, 4.69) is 20.8 Å². The first-order valence-electron chi connectivity index (χ1n) is 6.59. The zero-order valence-corrected chi connectivity index (χ0v) is 12.2. The number of benzene rings is 1. The third-order valence-corrected chi connectivity index (χ3v) is 4.11. The molecular formula is C14H21BrN2O. The first-order chi connectivity index (χ1) is 8.69. The number of hydrogen-bond acceptors (Lipinski definition) is 3. The van der Waals surface area contributed by atoms with E-state index in [0.717, 1.165) is 48.6 Å². The number of aromatic hydroxyl groups is 1. The number of rotatable bonds is 4. The van der Waals surface area contributed by atoms with E-state index in [0.29, 0.717) is 5.75 Å². The summed E-state index contributed by atoms with van der Waals surface area (Å²) in [6.07, 6.45) is 3.64.